The highest BCUT2D eigenvalue weighted by atomic mass is 32.2. The molecule has 0 unspecified atom stereocenters. The van der Waals surface area contributed by atoms with Gasteiger partial charge < -0.3 is 10.6 Å². The van der Waals surface area contributed by atoms with Crippen molar-refractivity contribution < 1.29 is 18.0 Å². The molecule has 0 aliphatic rings. The zero-order valence-corrected chi connectivity index (χ0v) is 17.7. The van der Waals surface area contributed by atoms with Gasteiger partial charge in [-0.25, -0.2) is 8.42 Å². The third-order valence-electron chi connectivity index (χ3n) is 3.78. The Kier molecular flexibility index (Phi) is 7.96. The van der Waals surface area contributed by atoms with E-state index in [0.717, 1.165) is 16.2 Å². The first-order valence-corrected chi connectivity index (χ1v) is 11.7. The van der Waals surface area contributed by atoms with Gasteiger partial charge in [0.2, 0.25) is 5.91 Å². The Morgan fingerprint density at radius 2 is 1.85 bits per heavy atom. The van der Waals surface area contributed by atoms with E-state index in [0.29, 0.717) is 18.0 Å². The largest absolute Gasteiger partial charge is 0.351 e. The van der Waals surface area contributed by atoms with Crippen LogP contribution in [-0.4, -0.2) is 44.2 Å². The molecule has 0 radical (unpaired) electrons. The molecule has 2 heterocycles. The van der Waals surface area contributed by atoms with Crippen molar-refractivity contribution in [2.45, 2.75) is 31.0 Å². The van der Waals surface area contributed by atoms with Crippen molar-refractivity contribution in [1.82, 2.24) is 14.9 Å². The van der Waals surface area contributed by atoms with Crippen LogP contribution in [0.2, 0.25) is 0 Å². The third-order valence-corrected chi connectivity index (χ3v) is 8.25. The maximum atomic E-state index is 12.5. The number of amides is 2. The summed E-state index contributed by atoms with van der Waals surface area (Å²) in [7, 11) is -3.47. The van der Waals surface area contributed by atoms with Crippen molar-refractivity contribution in [2.24, 2.45) is 0 Å². The van der Waals surface area contributed by atoms with Crippen LogP contribution in [0, 0.1) is 0 Å². The molecule has 0 spiro atoms. The standard InChI is InChI=1S/C17H23N3O4S3/c1-3-20(4-2)27(23,24)16-8-7-13(26-16)12-19-15(21)9-10-18-17(22)14-6-5-11-25-14/h5-8,11H,3-4,9-10,12H2,1-2H3,(H,18,22)(H,19,21). The molecule has 148 valence electrons. The van der Waals surface area contributed by atoms with Gasteiger partial charge in [0.25, 0.3) is 15.9 Å². The van der Waals surface area contributed by atoms with Crippen molar-refractivity contribution in [1.29, 1.82) is 0 Å². The van der Waals surface area contributed by atoms with E-state index in [1.807, 2.05) is 5.38 Å². The Labute approximate surface area is 167 Å². The van der Waals surface area contributed by atoms with Crippen LogP contribution in [0.4, 0.5) is 0 Å². The van der Waals surface area contributed by atoms with Gasteiger partial charge in [0.05, 0.1) is 11.4 Å². The molecular weight excluding hydrogens is 406 g/mol. The zero-order chi connectivity index (χ0) is 19.9. The fourth-order valence-corrected chi connectivity index (χ4v) is 5.89. The van der Waals surface area contributed by atoms with Gasteiger partial charge in [-0.15, -0.1) is 22.7 Å². The summed E-state index contributed by atoms with van der Waals surface area (Å²) in [6, 6.07) is 6.80. The molecule has 0 saturated heterocycles. The zero-order valence-electron chi connectivity index (χ0n) is 15.2. The smallest absolute Gasteiger partial charge is 0.261 e. The first kappa shape index (κ1) is 21.5. The van der Waals surface area contributed by atoms with Crippen LogP contribution < -0.4 is 10.6 Å². The Bertz CT molecular complexity index is 856. The predicted molar refractivity (Wildman–Crippen MR) is 108 cm³/mol. The minimum absolute atomic E-state index is 0.160. The van der Waals surface area contributed by atoms with Gasteiger partial charge in [-0.3, -0.25) is 9.59 Å². The van der Waals surface area contributed by atoms with Crippen molar-refractivity contribution in [3.8, 4) is 0 Å². The molecule has 0 atom stereocenters. The molecular formula is C17H23N3O4S3. The Balaban J connectivity index is 1.79. The van der Waals surface area contributed by atoms with Gasteiger partial charge in [0.1, 0.15) is 4.21 Å². The Morgan fingerprint density at radius 3 is 2.48 bits per heavy atom. The molecule has 2 N–H and O–H groups in total. The van der Waals surface area contributed by atoms with E-state index in [1.165, 1.54) is 15.6 Å². The van der Waals surface area contributed by atoms with E-state index < -0.39 is 10.0 Å². The topological polar surface area (TPSA) is 95.6 Å². The fourth-order valence-electron chi connectivity index (χ4n) is 2.34. The summed E-state index contributed by atoms with van der Waals surface area (Å²) in [5.41, 5.74) is 0. The van der Waals surface area contributed by atoms with E-state index in [-0.39, 0.29) is 35.5 Å². The number of rotatable bonds is 10. The molecule has 0 aromatic carbocycles. The monoisotopic (exact) mass is 429 g/mol. The first-order chi connectivity index (χ1) is 12.9. The number of nitrogens with one attached hydrogen (secondary N) is 2. The number of hydrogen-bond donors (Lipinski definition) is 2. The second-order valence-corrected chi connectivity index (χ2v) is 9.85. The number of nitrogens with zero attached hydrogens (tertiary/aromatic N) is 1. The summed E-state index contributed by atoms with van der Waals surface area (Å²) in [6.07, 6.45) is 0.160. The molecule has 2 aromatic rings. The van der Waals surface area contributed by atoms with Crippen molar-refractivity contribution >= 4 is 44.5 Å². The molecule has 10 heteroatoms. The summed E-state index contributed by atoms with van der Waals surface area (Å²) < 4.78 is 26.6. The Hall–Kier alpha value is -1.75. The van der Waals surface area contributed by atoms with Crippen LogP contribution in [0.1, 0.15) is 34.8 Å². The highest BCUT2D eigenvalue weighted by Gasteiger charge is 2.23. The van der Waals surface area contributed by atoms with Crippen LogP contribution in [-0.2, 0) is 21.4 Å². The summed E-state index contributed by atoms with van der Waals surface area (Å²) >= 11 is 2.50. The molecule has 2 amide bonds. The predicted octanol–water partition coefficient (Wildman–Crippen LogP) is 2.28. The van der Waals surface area contributed by atoms with E-state index in [2.05, 4.69) is 10.6 Å². The highest BCUT2D eigenvalue weighted by Crippen LogP contribution is 2.24. The maximum Gasteiger partial charge on any atom is 0.261 e. The van der Waals surface area contributed by atoms with Gasteiger partial charge in [-0.2, -0.15) is 4.31 Å². The van der Waals surface area contributed by atoms with Crippen LogP contribution in [0.3, 0.4) is 0 Å². The highest BCUT2D eigenvalue weighted by molar-refractivity contribution is 7.91. The van der Waals surface area contributed by atoms with E-state index in [9.17, 15) is 18.0 Å². The second-order valence-electron chi connectivity index (χ2n) is 5.57. The minimum Gasteiger partial charge on any atom is -0.351 e. The van der Waals surface area contributed by atoms with Gasteiger partial charge in [0, 0.05) is 30.9 Å². The average molecular weight is 430 g/mol. The quantitative estimate of drug-likeness (QED) is 0.606. The molecule has 0 aliphatic heterocycles. The minimum atomic E-state index is -3.47. The van der Waals surface area contributed by atoms with Crippen LogP contribution in [0.25, 0.3) is 0 Å². The molecule has 7 nitrogen and oxygen atoms in total. The Morgan fingerprint density at radius 1 is 1.11 bits per heavy atom. The van der Waals surface area contributed by atoms with Crippen LogP contribution in [0.5, 0.6) is 0 Å². The van der Waals surface area contributed by atoms with Crippen molar-refractivity contribution in [3.05, 3.63) is 39.4 Å². The number of carbonyl (C=O) groups excluding carboxylic acids is 2. The normalized spacial score (nSPS) is 11.5. The number of thiophene rings is 2. The van der Waals surface area contributed by atoms with E-state index in [4.69, 9.17) is 0 Å². The second kappa shape index (κ2) is 9.98. The van der Waals surface area contributed by atoms with Gasteiger partial charge in [-0.05, 0) is 23.6 Å². The van der Waals surface area contributed by atoms with Gasteiger partial charge >= 0.3 is 0 Å². The summed E-state index contributed by atoms with van der Waals surface area (Å²) in [5, 5.41) is 7.25. The van der Waals surface area contributed by atoms with Crippen molar-refractivity contribution in [3.63, 3.8) is 0 Å². The third kappa shape index (κ3) is 5.86. The molecule has 0 aliphatic carbocycles. The summed E-state index contributed by atoms with van der Waals surface area (Å²) in [5.74, 6) is -0.398. The first-order valence-electron chi connectivity index (χ1n) is 8.55. The van der Waals surface area contributed by atoms with E-state index >= 15 is 0 Å². The lowest BCUT2D eigenvalue weighted by molar-refractivity contribution is -0.121. The van der Waals surface area contributed by atoms with Gasteiger partial charge in [0.15, 0.2) is 0 Å². The average Bonchev–Trinajstić information content (AvgIpc) is 3.33. The van der Waals surface area contributed by atoms with E-state index in [1.54, 1.807) is 38.1 Å². The molecule has 0 bridgehead atoms. The lowest BCUT2D eigenvalue weighted by Gasteiger charge is -2.16. The number of hydrogen-bond acceptors (Lipinski definition) is 6. The number of carbonyl (C=O) groups is 2. The lowest BCUT2D eigenvalue weighted by Crippen LogP contribution is -2.30. The fraction of sp³-hybridized carbons (Fsp3) is 0.412. The van der Waals surface area contributed by atoms with Crippen LogP contribution >= 0.6 is 22.7 Å². The maximum absolute atomic E-state index is 12.5. The SMILES string of the molecule is CCN(CC)S(=O)(=O)c1ccc(CNC(=O)CCNC(=O)c2cccs2)s1. The number of sulfonamides is 1. The molecule has 0 saturated carbocycles. The lowest BCUT2D eigenvalue weighted by atomic mass is 10.3. The van der Waals surface area contributed by atoms with Crippen LogP contribution in [0.15, 0.2) is 33.9 Å². The summed E-state index contributed by atoms with van der Waals surface area (Å²) in [4.78, 5) is 25.1. The van der Waals surface area contributed by atoms with Gasteiger partial charge in [-0.1, -0.05) is 19.9 Å². The molecule has 2 aromatic heterocycles. The molecule has 0 fully saturated rings. The molecule has 2 rings (SSSR count). The van der Waals surface area contributed by atoms with Crippen molar-refractivity contribution in [2.75, 3.05) is 19.6 Å². The molecule has 27 heavy (non-hydrogen) atoms. The summed E-state index contributed by atoms with van der Waals surface area (Å²) in [6.45, 7) is 4.94.